The van der Waals surface area contributed by atoms with Crippen molar-refractivity contribution in [1.82, 2.24) is 5.32 Å². The zero-order chi connectivity index (χ0) is 11.8. The molecule has 1 amide bonds. The van der Waals surface area contributed by atoms with E-state index in [1.165, 1.54) is 5.57 Å². The first-order chi connectivity index (χ1) is 7.09. The van der Waals surface area contributed by atoms with E-state index in [2.05, 4.69) is 24.4 Å². The maximum Gasteiger partial charge on any atom is 0.221 e. The molecule has 1 rings (SSSR count). The van der Waals surface area contributed by atoms with Crippen LogP contribution in [0.5, 0.6) is 0 Å². The molecule has 1 aliphatic rings. The van der Waals surface area contributed by atoms with Gasteiger partial charge in [0, 0.05) is 12.6 Å². The van der Waals surface area contributed by atoms with Crippen molar-refractivity contribution in [2.75, 3.05) is 0 Å². The summed E-state index contributed by atoms with van der Waals surface area (Å²) in [7, 11) is 0. The van der Waals surface area contributed by atoms with Gasteiger partial charge in [-0.05, 0) is 31.3 Å². The lowest BCUT2D eigenvalue weighted by atomic mass is 10.1. The van der Waals surface area contributed by atoms with Gasteiger partial charge in [0.1, 0.15) is 0 Å². The lowest BCUT2D eigenvalue weighted by Gasteiger charge is -2.06. The summed E-state index contributed by atoms with van der Waals surface area (Å²) in [6.07, 6.45) is 6.46. The zero-order valence-electron chi connectivity index (χ0n) is 10.6. The fourth-order valence-electron chi connectivity index (χ4n) is 1.40. The standard InChI is InChI=1S/C11H17NO.C2H6/c1-8-4-6-9(2)11(7-5-8)12-10(3)13;1-2/h6-8H,4-5H2,1-3H3,(H,12,13);1-2H3. The normalized spacial score (nSPS) is 20.2. The van der Waals surface area contributed by atoms with Gasteiger partial charge in [-0.1, -0.05) is 32.9 Å². The van der Waals surface area contributed by atoms with E-state index in [1.54, 1.807) is 6.92 Å². The molecule has 0 aromatic rings. The van der Waals surface area contributed by atoms with E-state index in [0.29, 0.717) is 5.92 Å². The van der Waals surface area contributed by atoms with Crippen molar-refractivity contribution in [3.63, 3.8) is 0 Å². The van der Waals surface area contributed by atoms with Crippen LogP contribution in [0.15, 0.2) is 23.4 Å². The smallest absolute Gasteiger partial charge is 0.221 e. The van der Waals surface area contributed by atoms with E-state index in [-0.39, 0.29) is 5.91 Å². The molecule has 0 spiro atoms. The van der Waals surface area contributed by atoms with Crippen molar-refractivity contribution in [3.8, 4) is 0 Å². The number of rotatable bonds is 1. The first-order valence-electron chi connectivity index (χ1n) is 5.74. The van der Waals surface area contributed by atoms with Gasteiger partial charge < -0.3 is 5.32 Å². The molecule has 1 N–H and O–H groups in total. The number of allylic oxidation sites excluding steroid dienone is 3. The van der Waals surface area contributed by atoms with Crippen LogP contribution in [0, 0.1) is 5.92 Å². The average Bonchev–Trinajstić information content (AvgIpc) is 2.36. The van der Waals surface area contributed by atoms with Gasteiger partial charge >= 0.3 is 0 Å². The maximum atomic E-state index is 10.9. The molecule has 0 heterocycles. The molecule has 1 atom stereocenters. The molecule has 1 aliphatic carbocycles. The predicted octanol–water partition coefficient (Wildman–Crippen LogP) is 3.41. The second-order valence-electron chi connectivity index (χ2n) is 3.76. The Labute approximate surface area is 93.5 Å². The van der Waals surface area contributed by atoms with Gasteiger partial charge in [-0.2, -0.15) is 0 Å². The highest BCUT2D eigenvalue weighted by atomic mass is 16.1. The van der Waals surface area contributed by atoms with Crippen molar-refractivity contribution >= 4 is 5.91 Å². The Kier molecular flexibility index (Phi) is 6.76. The first-order valence-corrected chi connectivity index (χ1v) is 5.74. The van der Waals surface area contributed by atoms with E-state index in [4.69, 9.17) is 0 Å². The SMILES string of the molecule is CC.CC(=O)NC1=CCC(C)CC=C1C. The minimum atomic E-state index is 0.00792. The van der Waals surface area contributed by atoms with E-state index in [0.717, 1.165) is 18.5 Å². The highest BCUT2D eigenvalue weighted by Gasteiger charge is 2.08. The molecule has 0 aliphatic heterocycles. The Hall–Kier alpha value is -1.05. The molecular formula is C13H23NO. The monoisotopic (exact) mass is 209 g/mol. The minimum Gasteiger partial charge on any atom is -0.326 e. The molecule has 2 heteroatoms. The Morgan fingerprint density at radius 3 is 2.40 bits per heavy atom. The van der Waals surface area contributed by atoms with Gasteiger partial charge in [-0.3, -0.25) is 4.79 Å². The quantitative estimate of drug-likeness (QED) is 0.704. The summed E-state index contributed by atoms with van der Waals surface area (Å²) in [6, 6.07) is 0. The van der Waals surface area contributed by atoms with Crippen LogP contribution in [0.4, 0.5) is 0 Å². The summed E-state index contributed by atoms with van der Waals surface area (Å²) in [5.41, 5.74) is 2.16. The van der Waals surface area contributed by atoms with Crippen molar-refractivity contribution in [1.29, 1.82) is 0 Å². The number of hydrogen-bond donors (Lipinski definition) is 1. The number of carbonyl (C=O) groups excluding carboxylic acids is 1. The third-order valence-electron chi connectivity index (χ3n) is 2.29. The van der Waals surface area contributed by atoms with Gasteiger partial charge in [0.15, 0.2) is 0 Å². The molecule has 0 radical (unpaired) electrons. The molecule has 0 bridgehead atoms. The van der Waals surface area contributed by atoms with Crippen LogP contribution in [0.25, 0.3) is 0 Å². The van der Waals surface area contributed by atoms with Gasteiger partial charge in [0.2, 0.25) is 5.91 Å². The Bertz CT molecular complexity index is 264. The summed E-state index contributed by atoms with van der Waals surface area (Å²) < 4.78 is 0. The van der Waals surface area contributed by atoms with Crippen LogP contribution >= 0.6 is 0 Å². The second-order valence-corrected chi connectivity index (χ2v) is 3.76. The Morgan fingerprint density at radius 2 is 1.87 bits per heavy atom. The average molecular weight is 209 g/mol. The fraction of sp³-hybridized carbons (Fsp3) is 0.615. The summed E-state index contributed by atoms with van der Waals surface area (Å²) in [4.78, 5) is 10.9. The fourth-order valence-corrected chi connectivity index (χ4v) is 1.40. The van der Waals surface area contributed by atoms with E-state index >= 15 is 0 Å². The minimum absolute atomic E-state index is 0.00792. The second kappa shape index (κ2) is 7.27. The van der Waals surface area contributed by atoms with Gasteiger partial charge in [-0.15, -0.1) is 0 Å². The van der Waals surface area contributed by atoms with Crippen molar-refractivity contribution in [2.24, 2.45) is 5.92 Å². The lowest BCUT2D eigenvalue weighted by molar-refractivity contribution is -0.118. The van der Waals surface area contributed by atoms with Crippen LogP contribution in [0.2, 0.25) is 0 Å². The van der Waals surface area contributed by atoms with Crippen molar-refractivity contribution in [3.05, 3.63) is 23.4 Å². The summed E-state index contributed by atoms with van der Waals surface area (Å²) in [5.74, 6) is 0.690. The van der Waals surface area contributed by atoms with Crippen LogP contribution in [0.1, 0.15) is 47.5 Å². The van der Waals surface area contributed by atoms with Gasteiger partial charge in [-0.25, -0.2) is 0 Å². The van der Waals surface area contributed by atoms with Crippen molar-refractivity contribution in [2.45, 2.75) is 47.5 Å². The van der Waals surface area contributed by atoms with Gasteiger partial charge in [0.25, 0.3) is 0 Å². The van der Waals surface area contributed by atoms with E-state index in [1.807, 2.05) is 20.8 Å². The molecular weight excluding hydrogens is 186 g/mol. The number of nitrogens with one attached hydrogen (secondary N) is 1. The maximum absolute atomic E-state index is 10.9. The highest BCUT2D eigenvalue weighted by molar-refractivity contribution is 5.75. The molecule has 1 unspecified atom stereocenters. The number of hydrogen-bond acceptors (Lipinski definition) is 1. The topological polar surface area (TPSA) is 29.1 Å². The molecule has 0 saturated heterocycles. The van der Waals surface area contributed by atoms with Crippen molar-refractivity contribution < 1.29 is 4.79 Å². The molecule has 15 heavy (non-hydrogen) atoms. The third kappa shape index (κ3) is 5.40. The Morgan fingerprint density at radius 1 is 1.33 bits per heavy atom. The van der Waals surface area contributed by atoms with Crippen LogP contribution in [0.3, 0.4) is 0 Å². The van der Waals surface area contributed by atoms with E-state index in [9.17, 15) is 4.79 Å². The van der Waals surface area contributed by atoms with Crippen LogP contribution in [-0.2, 0) is 4.79 Å². The molecule has 0 aromatic carbocycles. The summed E-state index contributed by atoms with van der Waals surface area (Å²) in [6.45, 7) is 9.80. The first kappa shape index (κ1) is 13.9. The lowest BCUT2D eigenvalue weighted by Crippen LogP contribution is -2.19. The molecule has 2 nitrogen and oxygen atoms in total. The molecule has 0 aromatic heterocycles. The van der Waals surface area contributed by atoms with E-state index < -0.39 is 0 Å². The molecule has 0 saturated carbocycles. The third-order valence-corrected chi connectivity index (χ3v) is 2.29. The highest BCUT2D eigenvalue weighted by Crippen LogP contribution is 2.19. The number of carbonyl (C=O) groups is 1. The predicted molar refractivity (Wildman–Crippen MR) is 65.4 cm³/mol. The van der Waals surface area contributed by atoms with Gasteiger partial charge in [0.05, 0.1) is 0 Å². The molecule has 0 fully saturated rings. The number of amides is 1. The largest absolute Gasteiger partial charge is 0.326 e. The summed E-state index contributed by atoms with van der Waals surface area (Å²) >= 11 is 0. The zero-order valence-corrected chi connectivity index (χ0v) is 10.6. The summed E-state index contributed by atoms with van der Waals surface area (Å²) in [5, 5.41) is 2.85. The van der Waals surface area contributed by atoms with Crippen LogP contribution < -0.4 is 5.32 Å². The molecule has 86 valence electrons. The Balaban J connectivity index is 0.000000921. The van der Waals surface area contributed by atoms with Crippen LogP contribution in [-0.4, -0.2) is 5.91 Å².